The van der Waals surface area contributed by atoms with Crippen LogP contribution in [-0.2, 0) is 9.59 Å². The van der Waals surface area contributed by atoms with Crippen LogP contribution < -0.4 is 5.73 Å². The minimum absolute atomic E-state index is 0.279. The molecule has 1 unspecified atom stereocenters. The highest BCUT2D eigenvalue weighted by molar-refractivity contribution is 5.77. The summed E-state index contributed by atoms with van der Waals surface area (Å²) in [5.74, 6) is -0.715. The van der Waals surface area contributed by atoms with Crippen LogP contribution in [0.15, 0.2) is 0 Å². The van der Waals surface area contributed by atoms with Crippen LogP contribution in [0.2, 0.25) is 0 Å². The zero-order valence-electron chi connectivity index (χ0n) is 8.80. The molecule has 5 heteroatoms. The smallest absolute Gasteiger partial charge is 0.233 e. The molecular formula is C9H18N2O3. The first kappa shape index (κ1) is 12.9. The van der Waals surface area contributed by atoms with Gasteiger partial charge in [-0.15, -0.1) is 0 Å². The molecule has 2 atom stereocenters. The molecule has 14 heavy (non-hydrogen) atoms. The van der Waals surface area contributed by atoms with Crippen molar-refractivity contribution in [1.82, 2.24) is 5.06 Å². The molecule has 0 rings (SSSR count). The Balaban J connectivity index is 4.48. The third-order valence-electron chi connectivity index (χ3n) is 2.20. The van der Waals surface area contributed by atoms with Crippen molar-refractivity contribution in [2.24, 2.45) is 17.6 Å². The summed E-state index contributed by atoms with van der Waals surface area (Å²) in [5.41, 5.74) is 5.19. The van der Waals surface area contributed by atoms with Gasteiger partial charge >= 0.3 is 0 Å². The monoisotopic (exact) mass is 202 g/mol. The average molecular weight is 202 g/mol. The molecule has 0 spiro atoms. The minimum atomic E-state index is -0.576. The second-order valence-electron chi connectivity index (χ2n) is 3.86. The van der Waals surface area contributed by atoms with Gasteiger partial charge in [-0.1, -0.05) is 13.8 Å². The second kappa shape index (κ2) is 5.59. The van der Waals surface area contributed by atoms with E-state index in [1.807, 2.05) is 13.8 Å². The van der Waals surface area contributed by atoms with Gasteiger partial charge in [0.15, 0.2) is 0 Å². The number of nitrogens with two attached hydrogens (primary N) is 1. The Labute approximate surface area is 83.8 Å². The van der Waals surface area contributed by atoms with E-state index in [9.17, 15) is 9.59 Å². The van der Waals surface area contributed by atoms with Crippen molar-refractivity contribution in [3.63, 3.8) is 0 Å². The lowest BCUT2D eigenvalue weighted by Crippen LogP contribution is -2.42. The number of carbonyl (C=O) groups excluding carboxylic acids is 2. The van der Waals surface area contributed by atoms with E-state index in [-0.39, 0.29) is 12.3 Å². The Morgan fingerprint density at radius 1 is 1.50 bits per heavy atom. The largest absolute Gasteiger partial charge is 0.369 e. The quantitative estimate of drug-likeness (QED) is 0.371. The summed E-state index contributed by atoms with van der Waals surface area (Å²) in [4.78, 5) is 21.3. The number of hydrogen-bond donors (Lipinski definition) is 2. The van der Waals surface area contributed by atoms with Crippen molar-refractivity contribution in [1.29, 1.82) is 0 Å². The summed E-state index contributed by atoms with van der Waals surface area (Å²) in [5, 5.41) is 9.60. The van der Waals surface area contributed by atoms with Crippen LogP contribution in [0.25, 0.3) is 0 Å². The van der Waals surface area contributed by atoms with Crippen molar-refractivity contribution in [2.45, 2.75) is 33.2 Å². The van der Waals surface area contributed by atoms with Gasteiger partial charge in [-0.3, -0.25) is 14.8 Å². The summed E-state index contributed by atoms with van der Waals surface area (Å²) in [6.45, 7) is 5.49. The Morgan fingerprint density at radius 2 is 2.00 bits per heavy atom. The van der Waals surface area contributed by atoms with E-state index >= 15 is 0 Å². The van der Waals surface area contributed by atoms with Crippen LogP contribution in [0.4, 0.5) is 0 Å². The fourth-order valence-corrected chi connectivity index (χ4v) is 1.34. The summed E-state index contributed by atoms with van der Waals surface area (Å²) >= 11 is 0. The van der Waals surface area contributed by atoms with Gasteiger partial charge in [0.1, 0.15) is 0 Å². The highest BCUT2D eigenvalue weighted by Gasteiger charge is 2.27. The molecule has 0 aromatic heterocycles. The Kier molecular flexibility index (Phi) is 5.15. The lowest BCUT2D eigenvalue weighted by atomic mass is 9.90. The fraction of sp³-hybridized carbons (Fsp3) is 0.778. The molecular weight excluding hydrogens is 184 g/mol. The molecule has 0 bridgehead atoms. The highest BCUT2D eigenvalue weighted by Crippen LogP contribution is 2.17. The lowest BCUT2D eigenvalue weighted by Gasteiger charge is -2.26. The summed E-state index contributed by atoms with van der Waals surface area (Å²) in [7, 11) is 0. The van der Waals surface area contributed by atoms with Gasteiger partial charge in [-0.25, -0.2) is 5.06 Å². The van der Waals surface area contributed by atoms with Gasteiger partial charge in [0.05, 0.1) is 12.0 Å². The maximum Gasteiger partial charge on any atom is 0.233 e. The summed E-state index contributed by atoms with van der Waals surface area (Å²) in [6, 6.07) is -0.576. The Morgan fingerprint density at radius 3 is 2.29 bits per heavy atom. The molecule has 0 aliphatic heterocycles. The van der Waals surface area contributed by atoms with Gasteiger partial charge in [-0.2, -0.15) is 0 Å². The number of hydroxylamine groups is 2. The van der Waals surface area contributed by atoms with E-state index < -0.39 is 17.9 Å². The zero-order chi connectivity index (χ0) is 11.3. The number of rotatable bonds is 6. The van der Waals surface area contributed by atoms with E-state index in [4.69, 9.17) is 10.9 Å². The average Bonchev–Trinajstić information content (AvgIpc) is 2.11. The number of amides is 2. The molecule has 0 heterocycles. The van der Waals surface area contributed by atoms with Crippen molar-refractivity contribution < 1.29 is 14.8 Å². The molecule has 82 valence electrons. The third kappa shape index (κ3) is 3.74. The molecule has 0 aromatic carbocycles. The number of nitrogens with zero attached hydrogens (tertiary/aromatic N) is 1. The number of carbonyl (C=O) groups is 2. The second-order valence-corrected chi connectivity index (χ2v) is 3.86. The number of primary amides is 1. The molecule has 0 aliphatic carbocycles. The van der Waals surface area contributed by atoms with Crippen LogP contribution >= 0.6 is 0 Å². The predicted octanol–water partition coefficient (Wildman–Crippen LogP) is 0.370. The van der Waals surface area contributed by atoms with Gasteiger partial charge in [-0.05, 0) is 19.3 Å². The minimum Gasteiger partial charge on any atom is -0.369 e. The van der Waals surface area contributed by atoms with Crippen molar-refractivity contribution >= 4 is 12.3 Å². The van der Waals surface area contributed by atoms with E-state index in [0.717, 1.165) is 0 Å². The van der Waals surface area contributed by atoms with Crippen LogP contribution in [0.3, 0.4) is 0 Å². The van der Waals surface area contributed by atoms with Gasteiger partial charge < -0.3 is 5.73 Å². The standard InChI is InChI=1S/C9H18N2O3/c1-6(2)4-8(9(10)13)7(3)11(14)5-12/h5-8,14H,4H2,1-3H3,(H2,10,13)/t7?,8-/m1/s1. The highest BCUT2D eigenvalue weighted by atomic mass is 16.5. The number of hydrogen-bond acceptors (Lipinski definition) is 3. The third-order valence-corrected chi connectivity index (χ3v) is 2.20. The zero-order valence-corrected chi connectivity index (χ0v) is 8.80. The first-order valence-electron chi connectivity index (χ1n) is 4.62. The lowest BCUT2D eigenvalue weighted by molar-refractivity contribution is -0.165. The maximum absolute atomic E-state index is 11.1. The van der Waals surface area contributed by atoms with Crippen LogP contribution in [-0.4, -0.2) is 28.6 Å². The molecule has 0 radical (unpaired) electrons. The molecule has 0 saturated heterocycles. The van der Waals surface area contributed by atoms with Gasteiger partial charge in [0.2, 0.25) is 12.3 Å². The first-order valence-corrected chi connectivity index (χ1v) is 4.62. The molecule has 3 N–H and O–H groups in total. The molecule has 0 saturated carbocycles. The van der Waals surface area contributed by atoms with E-state index in [2.05, 4.69) is 0 Å². The molecule has 0 fully saturated rings. The van der Waals surface area contributed by atoms with Crippen molar-refractivity contribution in [3.8, 4) is 0 Å². The summed E-state index contributed by atoms with van der Waals surface area (Å²) < 4.78 is 0. The van der Waals surface area contributed by atoms with E-state index in [1.54, 1.807) is 6.92 Å². The fourth-order valence-electron chi connectivity index (χ4n) is 1.34. The van der Waals surface area contributed by atoms with Crippen LogP contribution in [0.5, 0.6) is 0 Å². The SMILES string of the molecule is CC(C)C[C@@H](C(N)=O)C(C)N(O)C=O. The molecule has 5 nitrogen and oxygen atoms in total. The topological polar surface area (TPSA) is 83.6 Å². The normalized spacial score (nSPS) is 14.9. The van der Waals surface area contributed by atoms with E-state index in [1.165, 1.54) is 0 Å². The molecule has 0 aliphatic rings. The molecule has 0 aromatic rings. The van der Waals surface area contributed by atoms with Gasteiger partial charge in [0.25, 0.3) is 0 Å². The molecule has 2 amide bonds. The first-order chi connectivity index (χ1) is 6.40. The van der Waals surface area contributed by atoms with Crippen molar-refractivity contribution in [2.75, 3.05) is 0 Å². The maximum atomic E-state index is 11.1. The van der Waals surface area contributed by atoms with Crippen molar-refractivity contribution in [3.05, 3.63) is 0 Å². The van der Waals surface area contributed by atoms with Gasteiger partial charge in [0, 0.05) is 0 Å². The van der Waals surface area contributed by atoms with Crippen LogP contribution in [0.1, 0.15) is 27.2 Å². The Hall–Kier alpha value is -1.10. The summed E-state index contributed by atoms with van der Waals surface area (Å²) in [6.07, 6.45) is 0.836. The predicted molar refractivity (Wildman–Crippen MR) is 51.3 cm³/mol. The van der Waals surface area contributed by atoms with Crippen LogP contribution in [0, 0.1) is 11.8 Å². The Bertz CT molecular complexity index is 206. The van der Waals surface area contributed by atoms with E-state index in [0.29, 0.717) is 11.5 Å².